The Morgan fingerprint density at radius 3 is 3.05 bits per heavy atom. The van der Waals surface area contributed by atoms with Crippen LogP contribution in [0.25, 0.3) is 0 Å². The van der Waals surface area contributed by atoms with Crippen LogP contribution in [0.2, 0.25) is 0 Å². The molecule has 1 aliphatic rings. The first-order valence-corrected chi connectivity index (χ1v) is 7.44. The van der Waals surface area contributed by atoms with Crippen molar-refractivity contribution in [3.63, 3.8) is 0 Å². The van der Waals surface area contributed by atoms with Gasteiger partial charge in [0, 0.05) is 31.7 Å². The molecule has 0 aromatic heterocycles. The van der Waals surface area contributed by atoms with Crippen LogP contribution in [-0.4, -0.2) is 66.8 Å². The summed E-state index contributed by atoms with van der Waals surface area (Å²) in [5.41, 5.74) is 1.35. The van der Waals surface area contributed by atoms with Gasteiger partial charge in [-0.3, -0.25) is 14.6 Å². The lowest BCUT2D eigenvalue weighted by Gasteiger charge is -2.34. The molecule has 1 N–H and O–H groups in total. The fourth-order valence-electron chi connectivity index (χ4n) is 2.75. The molecule has 0 saturated carbocycles. The lowest BCUT2D eigenvalue weighted by molar-refractivity contribution is -0.138. The summed E-state index contributed by atoms with van der Waals surface area (Å²) in [6.07, 6.45) is -0.0500. The molecule has 1 fully saturated rings. The smallest absolute Gasteiger partial charge is 0.317 e. The van der Waals surface area contributed by atoms with E-state index in [1.807, 2.05) is 12.1 Å². The Kier molecular flexibility index (Phi) is 5.88. The second-order valence-corrected chi connectivity index (χ2v) is 5.87. The van der Waals surface area contributed by atoms with E-state index >= 15 is 0 Å². The Hall–Kier alpha value is -1.50. The zero-order chi connectivity index (χ0) is 16.1. The second-order valence-electron chi connectivity index (χ2n) is 5.87. The van der Waals surface area contributed by atoms with Gasteiger partial charge in [-0.15, -0.1) is 0 Å². The number of nitrogens with zero attached hydrogens (tertiary/aromatic N) is 2. The number of carboxylic acids is 1. The van der Waals surface area contributed by atoms with Crippen molar-refractivity contribution < 1.29 is 19.0 Å². The molecule has 2 rings (SSSR count). The number of rotatable bonds is 6. The minimum absolute atomic E-state index is 0.00757. The zero-order valence-corrected chi connectivity index (χ0v) is 13.1. The third-order valence-electron chi connectivity index (χ3n) is 3.81. The van der Waals surface area contributed by atoms with E-state index in [9.17, 15) is 9.18 Å². The van der Waals surface area contributed by atoms with Gasteiger partial charge >= 0.3 is 5.97 Å². The molecule has 5 nitrogen and oxygen atoms in total. The molecule has 0 amide bonds. The first-order valence-electron chi connectivity index (χ1n) is 7.44. The Labute approximate surface area is 130 Å². The quantitative estimate of drug-likeness (QED) is 0.859. The van der Waals surface area contributed by atoms with Gasteiger partial charge in [0.25, 0.3) is 0 Å². The maximum absolute atomic E-state index is 14.1. The van der Waals surface area contributed by atoms with E-state index in [-0.39, 0.29) is 18.5 Å². The molecule has 22 heavy (non-hydrogen) atoms. The Morgan fingerprint density at radius 2 is 2.32 bits per heavy atom. The van der Waals surface area contributed by atoms with Gasteiger partial charge in [0.1, 0.15) is 5.82 Å². The molecule has 0 bridgehead atoms. The highest BCUT2D eigenvalue weighted by atomic mass is 19.1. The standard InChI is InChI=1S/C16H23FN2O3/c1-12-4-3-5-13(16(12)17)8-19-6-7-22-14(10-19)9-18(2)11-15(20)21/h3-5,14H,6-11H2,1-2H3,(H,20,21). The predicted molar refractivity (Wildman–Crippen MR) is 81.3 cm³/mol. The number of carbonyl (C=O) groups is 1. The number of hydrogen-bond donors (Lipinski definition) is 1. The number of aliphatic carboxylic acids is 1. The predicted octanol–water partition coefficient (Wildman–Crippen LogP) is 1.35. The maximum atomic E-state index is 14.1. The molecule has 1 atom stereocenters. The van der Waals surface area contributed by atoms with Crippen LogP contribution in [0, 0.1) is 12.7 Å². The summed E-state index contributed by atoms with van der Waals surface area (Å²) in [5.74, 6) is -0.995. The molecular weight excluding hydrogens is 287 g/mol. The van der Waals surface area contributed by atoms with Crippen molar-refractivity contribution in [3.05, 3.63) is 35.1 Å². The molecule has 6 heteroatoms. The molecule has 1 unspecified atom stereocenters. The van der Waals surface area contributed by atoms with E-state index in [0.717, 1.165) is 6.54 Å². The van der Waals surface area contributed by atoms with Crippen molar-refractivity contribution in [1.29, 1.82) is 0 Å². The van der Waals surface area contributed by atoms with Gasteiger partial charge in [-0.25, -0.2) is 4.39 Å². The summed E-state index contributed by atoms with van der Waals surface area (Å²) in [7, 11) is 1.76. The fraction of sp³-hybridized carbons (Fsp3) is 0.562. The van der Waals surface area contributed by atoms with Gasteiger partial charge in [0.05, 0.1) is 19.3 Å². The summed E-state index contributed by atoms with van der Waals surface area (Å²) in [5, 5.41) is 8.78. The van der Waals surface area contributed by atoms with E-state index in [0.29, 0.717) is 37.4 Å². The van der Waals surface area contributed by atoms with Crippen molar-refractivity contribution in [2.45, 2.75) is 19.6 Å². The van der Waals surface area contributed by atoms with Crippen molar-refractivity contribution in [2.75, 3.05) is 39.8 Å². The highest BCUT2D eigenvalue weighted by molar-refractivity contribution is 5.69. The number of carboxylic acid groups (broad SMARTS) is 1. The number of likely N-dealkylation sites (N-methyl/N-ethyl adjacent to an activating group) is 1. The lowest BCUT2D eigenvalue weighted by atomic mass is 10.1. The minimum Gasteiger partial charge on any atom is -0.480 e. The summed E-state index contributed by atoms with van der Waals surface area (Å²) >= 11 is 0. The monoisotopic (exact) mass is 310 g/mol. The number of ether oxygens (including phenoxy) is 1. The highest BCUT2D eigenvalue weighted by Gasteiger charge is 2.23. The van der Waals surface area contributed by atoms with Crippen LogP contribution in [0.3, 0.4) is 0 Å². The number of benzene rings is 1. The molecule has 1 saturated heterocycles. The Morgan fingerprint density at radius 1 is 1.55 bits per heavy atom. The molecule has 0 radical (unpaired) electrons. The molecule has 1 aromatic carbocycles. The van der Waals surface area contributed by atoms with Crippen LogP contribution >= 0.6 is 0 Å². The van der Waals surface area contributed by atoms with E-state index < -0.39 is 5.97 Å². The molecular formula is C16H23FN2O3. The summed E-state index contributed by atoms with van der Waals surface area (Å²) in [4.78, 5) is 14.6. The SMILES string of the molecule is Cc1cccc(CN2CCOC(CN(C)CC(=O)O)C2)c1F. The van der Waals surface area contributed by atoms with E-state index in [2.05, 4.69) is 4.90 Å². The molecule has 0 aliphatic carbocycles. The summed E-state index contributed by atoms with van der Waals surface area (Å²) in [6.45, 7) is 4.88. The van der Waals surface area contributed by atoms with Gasteiger partial charge in [-0.05, 0) is 19.5 Å². The maximum Gasteiger partial charge on any atom is 0.317 e. The van der Waals surface area contributed by atoms with Crippen LogP contribution in [0.4, 0.5) is 4.39 Å². The van der Waals surface area contributed by atoms with Crippen molar-refractivity contribution in [3.8, 4) is 0 Å². The first-order chi connectivity index (χ1) is 10.5. The summed E-state index contributed by atoms with van der Waals surface area (Å²) < 4.78 is 19.8. The van der Waals surface area contributed by atoms with Gasteiger partial charge in [0.15, 0.2) is 0 Å². The third kappa shape index (κ3) is 4.76. The van der Waals surface area contributed by atoms with Crippen LogP contribution < -0.4 is 0 Å². The van der Waals surface area contributed by atoms with Crippen LogP contribution in [0.5, 0.6) is 0 Å². The molecule has 122 valence electrons. The molecule has 1 aliphatic heterocycles. The van der Waals surface area contributed by atoms with Crippen LogP contribution in [-0.2, 0) is 16.1 Å². The van der Waals surface area contributed by atoms with Gasteiger partial charge in [-0.2, -0.15) is 0 Å². The largest absolute Gasteiger partial charge is 0.480 e. The zero-order valence-electron chi connectivity index (χ0n) is 13.1. The molecule has 1 heterocycles. The summed E-state index contributed by atoms with van der Waals surface area (Å²) in [6, 6.07) is 5.44. The Bertz CT molecular complexity index is 524. The second kappa shape index (κ2) is 7.67. The van der Waals surface area contributed by atoms with Crippen LogP contribution in [0.15, 0.2) is 18.2 Å². The average Bonchev–Trinajstić information content (AvgIpc) is 2.43. The van der Waals surface area contributed by atoms with E-state index in [1.54, 1.807) is 24.9 Å². The minimum atomic E-state index is -0.850. The van der Waals surface area contributed by atoms with Gasteiger partial charge in [0.2, 0.25) is 0 Å². The third-order valence-corrected chi connectivity index (χ3v) is 3.81. The highest BCUT2D eigenvalue weighted by Crippen LogP contribution is 2.16. The molecule has 1 aromatic rings. The number of morpholine rings is 1. The number of hydrogen-bond acceptors (Lipinski definition) is 4. The van der Waals surface area contributed by atoms with Gasteiger partial charge < -0.3 is 9.84 Å². The van der Waals surface area contributed by atoms with Crippen molar-refractivity contribution in [1.82, 2.24) is 9.80 Å². The first kappa shape index (κ1) is 16.9. The fourth-order valence-corrected chi connectivity index (χ4v) is 2.75. The van der Waals surface area contributed by atoms with Crippen molar-refractivity contribution >= 4 is 5.97 Å². The van der Waals surface area contributed by atoms with Crippen LogP contribution in [0.1, 0.15) is 11.1 Å². The number of halogens is 1. The van der Waals surface area contributed by atoms with Gasteiger partial charge in [-0.1, -0.05) is 18.2 Å². The topological polar surface area (TPSA) is 53.0 Å². The average molecular weight is 310 g/mol. The van der Waals surface area contributed by atoms with E-state index in [4.69, 9.17) is 9.84 Å². The number of aryl methyl sites for hydroxylation is 1. The van der Waals surface area contributed by atoms with E-state index in [1.165, 1.54) is 0 Å². The Balaban J connectivity index is 1.90. The molecule has 0 spiro atoms. The normalized spacial score (nSPS) is 19.5. The van der Waals surface area contributed by atoms with Crippen molar-refractivity contribution in [2.24, 2.45) is 0 Å². The lowest BCUT2D eigenvalue weighted by Crippen LogP contribution is -2.47.